The van der Waals surface area contributed by atoms with Crippen LogP contribution in [0.4, 0.5) is 0 Å². The van der Waals surface area contributed by atoms with Crippen LogP contribution in [-0.2, 0) is 4.79 Å². The van der Waals surface area contributed by atoms with Gasteiger partial charge in [0.15, 0.2) is 0 Å². The highest BCUT2D eigenvalue weighted by atomic mass is 32.1. The van der Waals surface area contributed by atoms with Crippen LogP contribution >= 0.6 is 12.6 Å². The van der Waals surface area contributed by atoms with Crippen molar-refractivity contribution in [3.8, 4) is 0 Å². The topological polar surface area (TPSA) is 66.4 Å². The maximum absolute atomic E-state index is 11.9. The number of carboxylic acids is 1. The maximum atomic E-state index is 11.9. The molecule has 18 heavy (non-hydrogen) atoms. The van der Waals surface area contributed by atoms with E-state index in [1.165, 1.54) is 0 Å². The van der Waals surface area contributed by atoms with E-state index in [2.05, 4.69) is 17.9 Å². The van der Waals surface area contributed by atoms with Crippen molar-refractivity contribution >= 4 is 24.5 Å². The Morgan fingerprint density at radius 2 is 1.78 bits per heavy atom. The van der Waals surface area contributed by atoms with E-state index in [9.17, 15) is 9.59 Å². The molecule has 0 aliphatic carbocycles. The van der Waals surface area contributed by atoms with Crippen LogP contribution in [0.5, 0.6) is 0 Å². The number of carboxylic acid groups (broad SMARTS) is 1. The number of nitrogens with one attached hydrogen (secondary N) is 1. The van der Waals surface area contributed by atoms with E-state index in [-0.39, 0.29) is 0 Å². The minimum absolute atomic E-state index is 0.412. The van der Waals surface area contributed by atoms with Crippen molar-refractivity contribution in [1.82, 2.24) is 5.32 Å². The number of aliphatic carboxylic acids is 1. The molecule has 1 aromatic carbocycles. The van der Waals surface area contributed by atoms with Crippen LogP contribution in [-0.4, -0.2) is 27.8 Å². The number of hydrogen-bond acceptors (Lipinski definition) is 3. The molecular weight excluding hydrogens is 250 g/mol. The predicted octanol–water partition coefficient (Wildman–Crippen LogP) is 1.89. The van der Waals surface area contributed by atoms with Crippen molar-refractivity contribution in [3.05, 3.63) is 35.4 Å². The monoisotopic (exact) mass is 267 g/mol. The van der Waals surface area contributed by atoms with Gasteiger partial charge in [-0.05, 0) is 32.9 Å². The number of carbonyl (C=O) groups is 2. The molecule has 0 spiro atoms. The Labute approximate surface area is 112 Å². The van der Waals surface area contributed by atoms with Gasteiger partial charge in [-0.25, -0.2) is 4.79 Å². The Hall–Kier alpha value is -1.49. The van der Waals surface area contributed by atoms with Crippen LogP contribution in [0.1, 0.15) is 29.8 Å². The summed E-state index contributed by atoms with van der Waals surface area (Å²) in [7, 11) is 0. The van der Waals surface area contributed by atoms with E-state index < -0.39 is 22.7 Å². The van der Waals surface area contributed by atoms with Crippen LogP contribution in [0.25, 0.3) is 0 Å². The van der Waals surface area contributed by atoms with Gasteiger partial charge in [-0.15, -0.1) is 0 Å². The largest absolute Gasteiger partial charge is 0.480 e. The molecule has 2 N–H and O–H groups in total. The number of amides is 1. The Morgan fingerprint density at radius 3 is 2.17 bits per heavy atom. The minimum atomic E-state index is -1.10. The highest BCUT2D eigenvalue weighted by Gasteiger charge is 2.33. The van der Waals surface area contributed by atoms with Crippen LogP contribution in [0.15, 0.2) is 24.3 Å². The third-order valence-corrected chi connectivity index (χ3v) is 2.80. The lowest BCUT2D eigenvalue weighted by atomic mass is 10.0. The van der Waals surface area contributed by atoms with Gasteiger partial charge in [0.2, 0.25) is 0 Å². The molecule has 1 amide bonds. The maximum Gasteiger partial charge on any atom is 0.327 e. The molecule has 0 saturated heterocycles. The van der Waals surface area contributed by atoms with Gasteiger partial charge in [0.05, 0.1) is 0 Å². The summed E-state index contributed by atoms with van der Waals surface area (Å²) in [4.78, 5) is 23.0. The third-order valence-electron chi connectivity index (χ3n) is 2.54. The summed E-state index contributed by atoms with van der Waals surface area (Å²) in [5.41, 5.74) is 1.47. The van der Waals surface area contributed by atoms with E-state index in [0.717, 1.165) is 5.56 Å². The van der Waals surface area contributed by atoms with Crippen LogP contribution in [0, 0.1) is 6.92 Å². The predicted molar refractivity (Wildman–Crippen MR) is 73.1 cm³/mol. The molecule has 1 rings (SSSR count). The zero-order chi connectivity index (χ0) is 13.9. The standard InChI is InChI=1S/C13H17NO3S/c1-8-4-6-9(7-5-8)11(15)14-10(12(16)17)13(2,3)18/h4-7,10,18H,1-3H3,(H,14,15)(H,16,17). The van der Waals surface area contributed by atoms with Gasteiger partial charge in [-0.3, -0.25) is 4.79 Å². The molecule has 0 aliphatic rings. The molecule has 98 valence electrons. The molecule has 0 radical (unpaired) electrons. The molecule has 0 aliphatic heterocycles. The molecule has 0 fully saturated rings. The fourth-order valence-corrected chi connectivity index (χ4v) is 1.63. The van der Waals surface area contributed by atoms with Crippen molar-refractivity contribution in [3.63, 3.8) is 0 Å². The zero-order valence-electron chi connectivity index (χ0n) is 10.6. The SMILES string of the molecule is Cc1ccc(C(=O)NC(C(=O)O)C(C)(C)S)cc1. The molecule has 0 heterocycles. The number of rotatable bonds is 4. The van der Waals surface area contributed by atoms with Crippen LogP contribution in [0.3, 0.4) is 0 Å². The number of benzene rings is 1. The Balaban J connectivity index is 2.86. The molecule has 1 unspecified atom stereocenters. The van der Waals surface area contributed by atoms with E-state index in [1.807, 2.05) is 6.92 Å². The van der Waals surface area contributed by atoms with Gasteiger partial charge < -0.3 is 10.4 Å². The normalized spacial score (nSPS) is 12.9. The van der Waals surface area contributed by atoms with Gasteiger partial charge in [0, 0.05) is 10.3 Å². The first kappa shape index (κ1) is 14.6. The molecular formula is C13H17NO3S. The fraction of sp³-hybridized carbons (Fsp3) is 0.385. The van der Waals surface area contributed by atoms with E-state index in [4.69, 9.17) is 5.11 Å². The molecule has 1 atom stereocenters. The fourth-order valence-electron chi connectivity index (χ4n) is 1.46. The third kappa shape index (κ3) is 3.77. The molecule has 0 bridgehead atoms. The van der Waals surface area contributed by atoms with Crippen molar-refractivity contribution < 1.29 is 14.7 Å². The number of hydrogen-bond donors (Lipinski definition) is 3. The van der Waals surface area contributed by atoms with Crippen LogP contribution < -0.4 is 5.32 Å². The minimum Gasteiger partial charge on any atom is -0.480 e. The highest BCUT2D eigenvalue weighted by Crippen LogP contribution is 2.18. The van der Waals surface area contributed by atoms with Gasteiger partial charge in [0.1, 0.15) is 6.04 Å². The van der Waals surface area contributed by atoms with Crippen molar-refractivity contribution in [2.24, 2.45) is 0 Å². The Bertz CT molecular complexity index is 448. The number of thiol groups is 1. The average Bonchev–Trinajstić information content (AvgIpc) is 2.24. The van der Waals surface area contributed by atoms with Crippen LogP contribution in [0.2, 0.25) is 0 Å². The average molecular weight is 267 g/mol. The van der Waals surface area contributed by atoms with Gasteiger partial charge in [-0.2, -0.15) is 12.6 Å². The first-order chi connectivity index (χ1) is 8.21. The van der Waals surface area contributed by atoms with Gasteiger partial charge in [0.25, 0.3) is 5.91 Å². The first-order valence-electron chi connectivity index (χ1n) is 5.54. The molecule has 0 saturated carbocycles. The zero-order valence-corrected chi connectivity index (χ0v) is 11.5. The summed E-state index contributed by atoms with van der Waals surface area (Å²) in [5, 5.41) is 11.6. The smallest absolute Gasteiger partial charge is 0.327 e. The first-order valence-corrected chi connectivity index (χ1v) is 5.99. The van der Waals surface area contributed by atoms with Gasteiger partial charge >= 0.3 is 5.97 Å². The second-order valence-corrected chi connectivity index (χ2v) is 5.92. The molecule has 5 heteroatoms. The molecule has 1 aromatic rings. The highest BCUT2D eigenvalue weighted by molar-refractivity contribution is 7.81. The summed E-state index contributed by atoms with van der Waals surface area (Å²) in [6.07, 6.45) is 0. The lowest BCUT2D eigenvalue weighted by molar-refractivity contribution is -0.139. The quantitative estimate of drug-likeness (QED) is 0.730. The summed E-state index contributed by atoms with van der Waals surface area (Å²) in [5.74, 6) is -1.51. The number of carbonyl (C=O) groups excluding carboxylic acids is 1. The second kappa shape index (κ2) is 5.44. The summed E-state index contributed by atoms with van der Waals surface area (Å²) in [6.45, 7) is 5.20. The van der Waals surface area contributed by atoms with Crippen molar-refractivity contribution in [1.29, 1.82) is 0 Å². The van der Waals surface area contributed by atoms with Gasteiger partial charge in [-0.1, -0.05) is 17.7 Å². The number of aryl methyl sites for hydroxylation is 1. The van der Waals surface area contributed by atoms with E-state index >= 15 is 0 Å². The molecule has 0 aromatic heterocycles. The Morgan fingerprint density at radius 1 is 1.28 bits per heavy atom. The Kier molecular flexibility index (Phi) is 4.40. The van der Waals surface area contributed by atoms with E-state index in [1.54, 1.807) is 38.1 Å². The van der Waals surface area contributed by atoms with E-state index in [0.29, 0.717) is 5.56 Å². The van der Waals surface area contributed by atoms with Crippen molar-refractivity contribution in [2.75, 3.05) is 0 Å². The van der Waals surface area contributed by atoms with Crippen molar-refractivity contribution in [2.45, 2.75) is 31.6 Å². The summed E-state index contributed by atoms with van der Waals surface area (Å²) in [6, 6.07) is 5.88. The lowest BCUT2D eigenvalue weighted by Gasteiger charge is -2.26. The molecule has 4 nitrogen and oxygen atoms in total. The summed E-state index contributed by atoms with van der Waals surface area (Å²) < 4.78 is -0.841. The summed E-state index contributed by atoms with van der Waals surface area (Å²) >= 11 is 4.20. The lowest BCUT2D eigenvalue weighted by Crippen LogP contribution is -2.51. The second-order valence-electron chi connectivity index (χ2n) is 4.76.